The van der Waals surface area contributed by atoms with Crippen LogP contribution >= 0.6 is 20.2 Å². The third-order valence-corrected chi connectivity index (χ3v) is 2.21. The first-order valence-corrected chi connectivity index (χ1v) is 8.30. The largest absolute Gasteiger partial charge is 0.347 e. The fraction of sp³-hybridized carbons (Fsp3) is 0. The first-order valence-electron chi connectivity index (χ1n) is 5.05. The van der Waals surface area contributed by atoms with Crippen LogP contribution in [0.25, 0.3) is 0 Å². The van der Waals surface area contributed by atoms with Crippen LogP contribution in [0.2, 0.25) is 0 Å². The molecule has 0 aliphatic rings. The van der Waals surface area contributed by atoms with Gasteiger partial charge in [0.05, 0.1) is 19.0 Å². The van der Waals surface area contributed by atoms with Gasteiger partial charge < -0.3 is 13.7 Å². The van der Waals surface area contributed by atoms with Gasteiger partial charge in [-0.2, -0.15) is 0 Å². The summed E-state index contributed by atoms with van der Waals surface area (Å²) in [6.45, 7) is 0. The van der Waals surface area contributed by atoms with Gasteiger partial charge in [0, 0.05) is 18.6 Å². The Morgan fingerprint density at radius 3 is 1.26 bits per heavy atom. The number of hydrogen-bond donors (Lipinski definition) is 0. The van der Waals surface area contributed by atoms with E-state index in [9.17, 15) is 0 Å². The van der Waals surface area contributed by atoms with Crippen LogP contribution in [-0.2, 0) is 13.1 Å². The van der Waals surface area contributed by atoms with Crippen molar-refractivity contribution < 1.29 is 13.1 Å². The smallest absolute Gasteiger partial charge is 0.138 e. The van der Waals surface area contributed by atoms with Crippen LogP contribution in [0.1, 0.15) is 0 Å². The predicted molar refractivity (Wildman–Crippen MR) is 67.8 cm³/mol. The van der Waals surface area contributed by atoms with E-state index in [1.807, 2.05) is 32.3 Å². The third kappa shape index (κ3) is 3.54. The van der Waals surface area contributed by atoms with E-state index in [4.69, 9.17) is 20.2 Å². The summed E-state index contributed by atoms with van der Waals surface area (Å²) in [5, 5.41) is 0. The van der Waals surface area contributed by atoms with Crippen molar-refractivity contribution >= 4 is 20.2 Å². The minimum atomic E-state index is 0.00694. The zero-order valence-electron chi connectivity index (χ0n) is 9.51. The molecule has 3 rings (SSSR count). The van der Waals surface area contributed by atoms with E-state index in [2.05, 4.69) is 15.0 Å². The quantitative estimate of drug-likeness (QED) is 0.542. The van der Waals surface area contributed by atoms with Gasteiger partial charge in [0.25, 0.3) is 0 Å². The molecule has 3 heterocycles. The molecule has 0 aliphatic carbocycles. The average molecular weight is 339 g/mol. The first-order chi connectivity index (χ1) is 9.36. The zero-order chi connectivity index (χ0) is 13.5. The van der Waals surface area contributed by atoms with Gasteiger partial charge in [-0.15, -0.1) is 0 Å². The van der Waals surface area contributed by atoms with E-state index in [1.54, 1.807) is 37.6 Å². The minimum absolute atomic E-state index is 0.00694. The van der Waals surface area contributed by atoms with Crippen molar-refractivity contribution in [3.63, 3.8) is 0 Å². The Hall–Kier alpha value is -1.40. The summed E-state index contributed by atoms with van der Waals surface area (Å²) in [6, 6.07) is 0. The van der Waals surface area contributed by atoms with Crippen molar-refractivity contribution in [1.29, 1.82) is 0 Å². The summed E-state index contributed by atoms with van der Waals surface area (Å²) in [7, 11) is 9.59. The topological polar surface area (TPSA) is 53.5 Å². The molecule has 0 unspecified atom stereocenters. The van der Waals surface area contributed by atoms with Gasteiger partial charge in [0.15, 0.2) is 0 Å². The van der Waals surface area contributed by atoms with Gasteiger partial charge in [0.2, 0.25) is 0 Å². The summed E-state index contributed by atoms with van der Waals surface area (Å²) >= 11 is 0.00694. The van der Waals surface area contributed by atoms with Gasteiger partial charge in [-0.25, -0.2) is 0 Å². The minimum Gasteiger partial charge on any atom is -0.347 e. The number of halogens is 2. The Morgan fingerprint density at radius 1 is 0.737 bits per heavy atom. The van der Waals surface area contributed by atoms with Crippen LogP contribution in [-0.4, -0.2) is 28.7 Å². The van der Waals surface area contributed by atoms with E-state index < -0.39 is 0 Å². The van der Waals surface area contributed by atoms with E-state index in [0.717, 1.165) is 6.29 Å². The molecule has 0 radical (unpaired) electrons. The number of aromatic nitrogens is 6. The van der Waals surface area contributed by atoms with E-state index >= 15 is 0 Å². The van der Waals surface area contributed by atoms with Crippen LogP contribution in [0.4, 0.5) is 0 Å². The molecule has 3 aromatic rings. The number of hydrogen-bond acceptors (Lipinski definition) is 3. The van der Waals surface area contributed by atoms with Crippen molar-refractivity contribution in [1.82, 2.24) is 28.7 Å². The van der Waals surface area contributed by atoms with Crippen LogP contribution in [0.5, 0.6) is 0 Å². The molecule has 0 amide bonds. The number of nitrogens with zero attached hydrogens (tertiary/aromatic N) is 6. The monoisotopic (exact) mass is 338 g/mol. The van der Waals surface area contributed by atoms with Crippen molar-refractivity contribution in [2.45, 2.75) is 0 Å². The molecule has 0 aliphatic heterocycles. The van der Waals surface area contributed by atoms with Crippen molar-refractivity contribution in [3.8, 4) is 0 Å². The molecule has 0 fully saturated rings. The molecule has 0 spiro atoms. The fourth-order valence-electron chi connectivity index (χ4n) is 1.53. The Kier molecular flexibility index (Phi) is 5.35. The van der Waals surface area contributed by atoms with Crippen LogP contribution in [0.15, 0.2) is 56.2 Å². The molecule has 19 heavy (non-hydrogen) atoms. The average Bonchev–Trinajstić information content (AvgIpc) is 3.15. The fourth-order valence-corrected chi connectivity index (χ4v) is 1.53. The molecule has 0 saturated carbocycles. The molecule has 0 aromatic carbocycles. The summed E-state index contributed by atoms with van der Waals surface area (Å²) in [4.78, 5) is 12.1. The molecule has 0 bridgehead atoms. The predicted octanol–water partition coefficient (Wildman–Crippen LogP) is 2.04. The van der Waals surface area contributed by atoms with Crippen molar-refractivity contribution in [3.05, 3.63) is 62.5 Å². The molecule has 0 atom stereocenters. The second kappa shape index (κ2) is 7.25. The molecule has 3 aromatic heterocycles. The zero-order valence-corrected chi connectivity index (χ0v) is 12.2. The van der Waals surface area contributed by atoms with Crippen LogP contribution < -0.4 is 0 Å². The van der Waals surface area contributed by atoms with E-state index in [1.165, 1.54) is 0 Å². The second-order valence-electron chi connectivity index (χ2n) is 3.26. The molecule has 6 nitrogen and oxygen atoms in total. The van der Waals surface area contributed by atoms with Gasteiger partial charge >= 0.3 is 33.3 Å². The SMILES string of the molecule is [Cl][Mn][Cl].c1cn([C-](n2ccnc2)n2ccnc2)cn1. The van der Waals surface area contributed by atoms with Crippen LogP contribution in [0, 0.1) is 6.29 Å². The molecular weight excluding hydrogens is 330 g/mol. The Labute approximate surface area is 124 Å². The summed E-state index contributed by atoms with van der Waals surface area (Å²) in [5.74, 6) is 0. The second-order valence-corrected chi connectivity index (χ2v) is 5.21. The molecule has 101 valence electrons. The molecule has 9 heteroatoms. The van der Waals surface area contributed by atoms with Crippen molar-refractivity contribution in [2.75, 3.05) is 0 Å². The standard InChI is InChI=1S/C10H9N6.2ClH.Mn/c1-4-14(7-11-1)10(15-5-2-12-8-15)16-6-3-13-9-16;;;/h1-9H;2*1H;/q-1;;;+2/p-2. The summed E-state index contributed by atoms with van der Waals surface area (Å²) in [5.41, 5.74) is 0. The maximum absolute atomic E-state index is 4.80. The van der Waals surface area contributed by atoms with E-state index in [0.29, 0.717) is 0 Å². The third-order valence-electron chi connectivity index (χ3n) is 2.21. The van der Waals surface area contributed by atoms with Crippen LogP contribution in [0.3, 0.4) is 0 Å². The molecule has 0 saturated heterocycles. The number of rotatable bonds is 3. The normalized spacial score (nSPS) is 9.79. The summed E-state index contributed by atoms with van der Waals surface area (Å²) < 4.78 is 5.68. The Balaban J connectivity index is 0.000000408. The van der Waals surface area contributed by atoms with Gasteiger partial charge in [-0.1, -0.05) is 0 Å². The van der Waals surface area contributed by atoms with Crippen molar-refractivity contribution in [2.24, 2.45) is 0 Å². The molecular formula is C10H9Cl2MnN6-. The van der Waals surface area contributed by atoms with Gasteiger partial charge in [0.1, 0.15) is 6.29 Å². The maximum Gasteiger partial charge on any atom is 0.138 e. The Bertz CT molecular complexity index is 469. The van der Waals surface area contributed by atoms with Gasteiger partial charge in [-0.05, 0) is 18.6 Å². The first kappa shape index (κ1) is 14.0. The van der Waals surface area contributed by atoms with E-state index in [-0.39, 0.29) is 13.1 Å². The Morgan fingerprint density at radius 2 is 1.05 bits per heavy atom. The summed E-state index contributed by atoms with van der Waals surface area (Å²) in [6.07, 6.45) is 16.9. The molecule has 0 N–H and O–H groups in total. The maximum atomic E-state index is 4.80. The number of imidazole rings is 3. The van der Waals surface area contributed by atoms with Gasteiger partial charge in [-0.3, -0.25) is 15.0 Å².